The van der Waals surface area contributed by atoms with E-state index in [-0.39, 0.29) is 11.9 Å². The molecular weight excluding hydrogens is 286 g/mol. The fourth-order valence-corrected chi connectivity index (χ4v) is 2.32. The van der Waals surface area contributed by atoms with Gasteiger partial charge in [0.15, 0.2) is 0 Å². The van der Waals surface area contributed by atoms with Gasteiger partial charge in [-0.05, 0) is 37.3 Å². The molecule has 3 aromatic rings. The van der Waals surface area contributed by atoms with Crippen molar-refractivity contribution in [2.45, 2.75) is 13.0 Å². The molecule has 3 rings (SSSR count). The standard InChI is InChI=1S/C16H14ClN3O/c1-10(18-16(21)11-5-3-2-4-6-11)15-19-13-8-7-12(17)9-14(13)20-15/h2-10H,1H3,(H,18,21)(H,19,20)/t10-/m0/s1. The van der Waals surface area contributed by atoms with Gasteiger partial charge in [0.1, 0.15) is 5.82 Å². The molecule has 1 aromatic heterocycles. The lowest BCUT2D eigenvalue weighted by molar-refractivity contribution is 0.0938. The van der Waals surface area contributed by atoms with Crippen LogP contribution in [0.25, 0.3) is 11.0 Å². The van der Waals surface area contributed by atoms with Gasteiger partial charge in [-0.2, -0.15) is 0 Å². The Bertz CT molecular complexity index is 783. The molecule has 1 heterocycles. The molecule has 0 saturated heterocycles. The third-order valence-electron chi connectivity index (χ3n) is 3.26. The van der Waals surface area contributed by atoms with E-state index < -0.39 is 0 Å². The number of nitrogens with one attached hydrogen (secondary N) is 2. The molecule has 0 aliphatic carbocycles. The smallest absolute Gasteiger partial charge is 0.251 e. The first-order chi connectivity index (χ1) is 10.1. The molecule has 106 valence electrons. The topological polar surface area (TPSA) is 57.8 Å². The van der Waals surface area contributed by atoms with Crippen molar-refractivity contribution in [2.24, 2.45) is 0 Å². The second-order valence-electron chi connectivity index (χ2n) is 4.84. The van der Waals surface area contributed by atoms with Gasteiger partial charge in [0, 0.05) is 10.6 Å². The number of rotatable bonds is 3. The van der Waals surface area contributed by atoms with E-state index in [2.05, 4.69) is 15.3 Å². The third kappa shape index (κ3) is 2.90. The maximum Gasteiger partial charge on any atom is 0.251 e. The van der Waals surface area contributed by atoms with Crippen LogP contribution >= 0.6 is 11.6 Å². The first kappa shape index (κ1) is 13.6. The van der Waals surface area contributed by atoms with E-state index >= 15 is 0 Å². The van der Waals surface area contributed by atoms with Crippen molar-refractivity contribution in [3.05, 3.63) is 64.9 Å². The van der Waals surface area contributed by atoms with Crippen molar-refractivity contribution in [1.82, 2.24) is 15.3 Å². The van der Waals surface area contributed by atoms with E-state index in [1.54, 1.807) is 18.2 Å². The molecular formula is C16H14ClN3O. The highest BCUT2D eigenvalue weighted by Crippen LogP contribution is 2.20. The van der Waals surface area contributed by atoms with Crippen LogP contribution in [0.5, 0.6) is 0 Å². The Balaban J connectivity index is 1.80. The largest absolute Gasteiger partial charge is 0.342 e. The Morgan fingerprint density at radius 1 is 1.24 bits per heavy atom. The Kier molecular flexibility index (Phi) is 3.62. The van der Waals surface area contributed by atoms with E-state index in [0.29, 0.717) is 16.4 Å². The number of hydrogen-bond donors (Lipinski definition) is 2. The Morgan fingerprint density at radius 3 is 2.76 bits per heavy atom. The van der Waals surface area contributed by atoms with E-state index in [0.717, 1.165) is 11.0 Å². The molecule has 5 heteroatoms. The number of amides is 1. The highest BCUT2D eigenvalue weighted by Gasteiger charge is 2.14. The van der Waals surface area contributed by atoms with Crippen LogP contribution in [0.1, 0.15) is 29.1 Å². The number of halogens is 1. The number of carbonyl (C=O) groups is 1. The number of aromatic amines is 1. The molecule has 21 heavy (non-hydrogen) atoms. The average Bonchev–Trinajstić information content (AvgIpc) is 2.91. The van der Waals surface area contributed by atoms with Gasteiger partial charge in [0.05, 0.1) is 17.1 Å². The number of nitrogens with zero attached hydrogens (tertiary/aromatic N) is 1. The molecule has 1 amide bonds. The molecule has 0 spiro atoms. The number of fused-ring (bicyclic) bond motifs is 1. The number of imidazole rings is 1. The molecule has 0 aliphatic heterocycles. The number of carbonyl (C=O) groups excluding carboxylic acids is 1. The summed E-state index contributed by atoms with van der Waals surface area (Å²) in [4.78, 5) is 19.8. The minimum Gasteiger partial charge on any atom is -0.342 e. The minimum absolute atomic E-state index is 0.124. The summed E-state index contributed by atoms with van der Waals surface area (Å²) in [5, 5.41) is 3.57. The van der Waals surface area contributed by atoms with Gasteiger partial charge in [0.2, 0.25) is 0 Å². The van der Waals surface area contributed by atoms with E-state index in [9.17, 15) is 4.79 Å². The lowest BCUT2D eigenvalue weighted by atomic mass is 10.2. The van der Waals surface area contributed by atoms with Gasteiger partial charge in [-0.1, -0.05) is 29.8 Å². The maximum atomic E-state index is 12.1. The summed E-state index contributed by atoms with van der Waals surface area (Å²) >= 11 is 5.95. The highest BCUT2D eigenvalue weighted by atomic mass is 35.5. The molecule has 0 unspecified atom stereocenters. The second-order valence-corrected chi connectivity index (χ2v) is 5.28. The van der Waals surface area contributed by atoms with Crippen molar-refractivity contribution < 1.29 is 4.79 Å². The zero-order chi connectivity index (χ0) is 14.8. The fraction of sp³-hybridized carbons (Fsp3) is 0.125. The molecule has 1 atom stereocenters. The lowest BCUT2D eigenvalue weighted by Gasteiger charge is -2.11. The van der Waals surface area contributed by atoms with Crippen LogP contribution in [0.15, 0.2) is 48.5 Å². The monoisotopic (exact) mass is 299 g/mol. The van der Waals surface area contributed by atoms with Gasteiger partial charge < -0.3 is 10.3 Å². The van der Waals surface area contributed by atoms with Crippen LogP contribution in [0.3, 0.4) is 0 Å². The molecule has 4 nitrogen and oxygen atoms in total. The molecule has 0 bridgehead atoms. The maximum absolute atomic E-state index is 12.1. The zero-order valence-corrected chi connectivity index (χ0v) is 12.2. The summed E-state index contributed by atoms with van der Waals surface area (Å²) in [5.74, 6) is 0.582. The van der Waals surface area contributed by atoms with Gasteiger partial charge in [0.25, 0.3) is 5.91 Å². The van der Waals surface area contributed by atoms with Crippen molar-refractivity contribution in [3.63, 3.8) is 0 Å². The molecule has 0 fully saturated rings. The van der Waals surface area contributed by atoms with Gasteiger partial charge in [-0.25, -0.2) is 4.98 Å². The van der Waals surface area contributed by atoms with Crippen LogP contribution in [-0.4, -0.2) is 15.9 Å². The van der Waals surface area contributed by atoms with Crippen molar-refractivity contribution in [1.29, 1.82) is 0 Å². The number of H-pyrrole nitrogens is 1. The van der Waals surface area contributed by atoms with Gasteiger partial charge >= 0.3 is 0 Å². The number of aromatic nitrogens is 2. The lowest BCUT2D eigenvalue weighted by Crippen LogP contribution is -2.27. The van der Waals surface area contributed by atoms with Crippen LogP contribution in [-0.2, 0) is 0 Å². The van der Waals surface area contributed by atoms with Crippen LogP contribution in [0, 0.1) is 0 Å². The van der Waals surface area contributed by atoms with Crippen molar-refractivity contribution in [3.8, 4) is 0 Å². The third-order valence-corrected chi connectivity index (χ3v) is 3.49. The predicted molar refractivity (Wildman–Crippen MR) is 83.4 cm³/mol. The van der Waals surface area contributed by atoms with E-state index in [4.69, 9.17) is 11.6 Å². The summed E-state index contributed by atoms with van der Waals surface area (Å²) in [5.41, 5.74) is 2.32. The van der Waals surface area contributed by atoms with E-state index in [1.165, 1.54) is 0 Å². The summed E-state index contributed by atoms with van der Waals surface area (Å²) in [6, 6.07) is 14.4. The molecule has 0 aliphatic rings. The SMILES string of the molecule is C[C@H](NC(=O)c1ccccc1)c1nc2ccc(Cl)cc2[nH]1. The number of hydrogen-bond acceptors (Lipinski definition) is 2. The normalized spacial score (nSPS) is 12.3. The van der Waals surface area contributed by atoms with Gasteiger partial charge in [-0.15, -0.1) is 0 Å². The average molecular weight is 300 g/mol. The van der Waals surface area contributed by atoms with Crippen LogP contribution < -0.4 is 5.32 Å². The van der Waals surface area contributed by atoms with Crippen molar-refractivity contribution >= 4 is 28.5 Å². The molecule has 0 saturated carbocycles. The second kappa shape index (κ2) is 5.58. The zero-order valence-electron chi connectivity index (χ0n) is 11.4. The highest BCUT2D eigenvalue weighted by molar-refractivity contribution is 6.31. The van der Waals surface area contributed by atoms with Gasteiger partial charge in [-0.3, -0.25) is 4.79 Å². The minimum atomic E-state index is -0.219. The van der Waals surface area contributed by atoms with Crippen molar-refractivity contribution in [2.75, 3.05) is 0 Å². The molecule has 2 N–H and O–H groups in total. The van der Waals surface area contributed by atoms with Crippen LogP contribution in [0.2, 0.25) is 5.02 Å². The van der Waals surface area contributed by atoms with Crippen LogP contribution in [0.4, 0.5) is 0 Å². The summed E-state index contributed by atoms with van der Waals surface area (Å²) in [6.07, 6.45) is 0. The summed E-state index contributed by atoms with van der Waals surface area (Å²) in [7, 11) is 0. The Hall–Kier alpha value is -2.33. The summed E-state index contributed by atoms with van der Waals surface area (Å²) in [6.45, 7) is 1.89. The first-order valence-electron chi connectivity index (χ1n) is 6.64. The Morgan fingerprint density at radius 2 is 2.00 bits per heavy atom. The quantitative estimate of drug-likeness (QED) is 0.774. The molecule has 0 radical (unpaired) electrons. The first-order valence-corrected chi connectivity index (χ1v) is 7.02. The fourth-order valence-electron chi connectivity index (χ4n) is 2.14. The Labute approximate surface area is 127 Å². The van der Waals surface area contributed by atoms with E-state index in [1.807, 2.05) is 37.3 Å². The number of benzene rings is 2. The predicted octanol–water partition coefficient (Wildman–Crippen LogP) is 3.71. The molecule has 2 aromatic carbocycles. The summed E-state index contributed by atoms with van der Waals surface area (Å²) < 4.78 is 0.